The Bertz CT molecular complexity index is 263. The molecule has 0 aromatic carbocycles. The van der Waals surface area contributed by atoms with Crippen LogP contribution in [0.25, 0.3) is 0 Å². The highest BCUT2D eigenvalue weighted by molar-refractivity contribution is 5.77. The highest BCUT2D eigenvalue weighted by atomic mass is 16.5. The Hall–Kier alpha value is -1.50. The number of carbonyl (C=O) groups excluding carboxylic acids is 1. The van der Waals surface area contributed by atoms with Gasteiger partial charge in [0.15, 0.2) is 0 Å². The summed E-state index contributed by atoms with van der Waals surface area (Å²) in [6.45, 7) is 2.24. The molecule has 1 amide bonds. The van der Waals surface area contributed by atoms with E-state index < -0.39 is 0 Å². The standard InChI is InChI=1S/C8H10N2O2/c1-2-7(11)10-8-6(5-9)3-4-12-8/h2-4H2,1H3,(H,10,11). The Morgan fingerprint density at radius 1 is 1.83 bits per heavy atom. The van der Waals surface area contributed by atoms with Crippen LogP contribution in [-0.4, -0.2) is 12.5 Å². The van der Waals surface area contributed by atoms with E-state index in [0.717, 1.165) is 0 Å². The minimum Gasteiger partial charge on any atom is -0.478 e. The summed E-state index contributed by atoms with van der Waals surface area (Å²) in [6.07, 6.45) is 0.987. The number of hydrogen-bond donors (Lipinski definition) is 1. The summed E-state index contributed by atoms with van der Waals surface area (Å²) >= 11 is 0. The molecular weight excluding hydrogens is 156 g/mol. The lowest BCUT2D eigenvalue weighted by Gasteiger charge is -2.03. The average Bonchev–Trinajstić information content (AvgIpc) is 2.51. The predicted molar refractivity (Wildman–Crippen MR) is 41.6 cm³/mol. The molecular formula is C8H10N2O2. The Morgan fingerprint density at radius 3 is 3.17 bits per heavy atom. The van der Waals surface area contributed by atoms with Gasteiger partial charge in [0.2, 0.25) is 11.8 Å². The fourth-order valence-corrected chi connectivity index (χ4v) is 0.889. The molecule has 0 unspecified atom stereocenters. The second kappa shape index (κ2) is 3.77. The third-order valence-corrected chi connectivity index (χ3v) is 1.58. The highest BCUT2D eigenvalue weighted by Crippen LogP contribution is 2.15. The summed E-state index contributed by atoms with van der Waals surface area (Å²) in [4.78, 5) is 10.9. The quantitative estimate of drug-likeness (QED) is 0.655. The molecule has 1 aliphatic rings. The summed E-state index contributed by atoms with van der Waals surface area (Å²) < 4.78 is 5.05. The molecule has 0 bridgehead atoms. The van der Waals surface area contributed by atoms with Crippen LogP contribution in [0.4, 0.5) is 0 Å². The van der Waals surface area contributed by atoms with Gasteiger partial charge in [0, 0.05) is 12.8 Å². The maximum Gasteiger partial charge on any atom is 0.226 e. The molecule has 0 radical (unpaired) electrons. The van der Waals surface area contributed by atoms with E-state index in [-0.39, 0.29) is 5.91 Å². The minimum atomic E-state index is -0.125. The predicted octanol–water partition coefficient (Wildman–Crippen LogP) is 0.668. The van der Waals surface area contributed by atoms with E-state index in [9.17, 15) is 4.79 Å². The smallest absolute Gasteiger partial charge is 0.226 e. The van der Waals surface area contributed by atoms with E-state index in [1.165, 1.54) is 0 Å². The first kappa shape index (κ1) is 8.60. The molecule has 0 fully saturated rings. The van der Waals surface area contributed by atoms with Crippen molar-refractivity contribution < 1.29 is 9.53 Å². The fourth-order valence-electron chi connectivity index (χ4n) is 0.889. The van der Waals surface area contributed by atoms with Gasteiger partial charge in [-0.2, -0.15) is 5.26 Å². The average molecular weight is 166 g/mol. The number of amides is 1. The van der Waals surface area contributed by atoms with Gasteiger partial charge in [-0.1, -0.05) is 6.92 Å². The lowest BCUT2D eigenvalue weighted by atomic mass is 10.2. The van der Waals surface area contributed by atoms with E-state index in [1.807, 2.05) is 6.07 Å². The van der Waals surface area contributed by atoms with Crippen molar-refractivity contribution in [2.75, 3.05) is 6.61 Å². The monoisotopic (exact) mass is 166 g/mol. The van der Waals surface area contributed by atoms with Crippen molar-refractivity contribution in [3.63, 3.8) is 0 Å². The molecule has 0 atom stereocenters. The molecule has 0 aromatic rings. The summed E-state index contributed by atoms with van der Waals surface area (Å²) in [5.74, 6) is 0.212. The van der Waals surface area contributed by atoms with Crippen molar-refractivity contribution in [1.82, 2.24) is 5.32 Å². The second-order valence-corrected chi connectivity index (χ2v) is 2.42. The highest BCUT2D eigenvalue weighted by Gasteiger charge is 2.16. The molecule has 0 aromatic heterocycles. The van der Waals surface area contributed by atoms with Gasteiger partial charge in [-0.15, -0.1) is 0 Å². The second-order valence-electron chi connectivity index (χ2n) is 2.42. The molecule has 1 aliphatic heterocycles. The van der Waals surface area contributed by atoms with Crippen LogP contribution in [0.5, 0.6) is 0 Å². The number of carbonyl (C=O) groups is 1. The lowest BCUT2D eigenvalue weighted by molar-refractivity contribution is -0.120. The molecule has 0 aliphatic carbocycles. The van der Waals surface area contributed by atoms with Crippen molar-refractivity contribution >= 4 is 5.91 Å². The van der Waals surface area contributed by atoms with Gasteiger partial charge in [0.05, 0.1) is 12.2 Å². The largest absolute Gasteiger partial charge is 0.478 e. The number of nitrogens with one attached hydrogen (secondary N) is 1. The van der Waals surface area contributed by atoms with Crippen LogP contribution < -0.4 is 5.32 Å². The van der Waals surface area contributed by atoms with Crippen LogP contribution in [-0.2, 0) is 9.53 Å². The molecule has 1 rings (SSSR count). The maximum atomic E-state index is 10.9. The van der Waals surface area contributed by atoms with Crippen molar-refractivity contribution in [1.29, 1.82) is 5.26 Å². The van der Waals surface area contributed by atoms with E-state index in [2.05, 4.69) is 5.32 Å². The summed E-state index contributed by atoms with van der Waals surface area (Å²) in [5, 5.41) is 11.1. The van der Waals surface area contributed by atoms with Crippen molar-refractivity contribution in [2.24, 2.45) is 0 Å². The van der Waals surface area contributed by atoms with Gasteiger partial charge in [0.1, 0.15) is 6.07 Å². The van der Waals surface area contributed by atoms with Crippen molar-refractivity contribution in [2.45, 2.75) is 19.8 Å². The van der Waals surface area contributed by atoms with E-state index in [1.54, 1.807) is 6.92 Å². The van der Waals surface area contributed by atoms with Gasteiger partial charge in [-0.25, -0.2) is 0 Å². The van der Waals surface area contributed by atoms with Crippen LogP contribution in [0.1, 0.15) is 19.8 Å². The van der Waals surface area contributed by atoms with Gasteiger partial charge < -0.3 is 4.74 Å². The summed E-state index contributed by atoms with van der Waals surface area (Å²) in [6, 6.07) is 1.98. The lowest BCUT2D eigenvalue weighted by Crippen LogP contribution is -2.22. The zero-order chi connectivity index (χ0) is 8.97. The molecule has 4 nitrogen and oxygen atoms in total. The zero-order valence-corrected chi connectivity index (χ0v) is 6.89. The number of rotatable bonds is 2. The van der Waals surface area contributed by atoms with Crippen LogP contribution in [0.15, 0.2) is 11.5 Å². The third kappa shape index (κ3) is 1.76. The van der Waals surface area contributed by atoms with Gasteiger partial charge in [0.25, 0.3) is 0 Å². The van der Waals surface area contributed by atoms with Gasteiger partial charge in [-0.05, 0) is 0 Å². The van der Waals surface area contributed by atoms with E-state index in [4.69, 9.17) is 10.00 Å². The zero-order valence-electron chi connectivity index (χ0n) is 6.89. The molecule has 0 spiro atoms. The van der Waals surface area contributed by atoms with Crippen LogP contribution >= 0.6 is 0 Å². The molecule has 64 valence electrons. The molecule has 12 heavy (non-hydrogen) atoms. The van der Waals surface area contributed by atoms with Gasteiger partial charge >= 0.3 is 0 Å². The number of ether oxygens (including phenoxy) is 1. The first-order valence-electron chi connectivity index (χ1n) is 3.83. The number of nitriles is 1. The number of nitrogens with zero attached hydrogens (tertiary/aromatic N) is 1. The van der Waals surface area contributed by atoms with Crippen molar-refractivity contribution in [3.05, 3.63) is 11.5 Å². The molecule has 1 N–H and O–H groups in total. The van der Waals surface area contributed by atoms with Crippen LogP contribution in [0.3, 0.4) is 0 Å². The molecule has 0 saturated carbocycles. The topological polar surface area (TPSA) is 62.1 Å². The fraction of sp³-hybridized carbons (Fsp3) is 0.500. The molecule has 4 heteroatoms. The summed E-state index contributed by atoms with van der Waals surface area (Å²) in [7, 11) is 0. The molecule has 1 heterocycles. The van der Waals surface area contributed by atoms with E-state index >= 15 is 0 Å². The maximum absolute atomic E-state index is 10.9. The van der Waals surface area contributed by atoms with Crippen LogP contribution in [0, 0.1) is 11.3 Å². The van der Waals surface area contributed by atoms with Crippen LogP contribution in [0.2, 0.25) is 0 Å². The summed E-state index contributed by atoms with van der Waals surface area (Å²) in [5.41, 5.74) is 0.525. The Morgan fingerprint density at radius 2 is 2.58 bits per heavy atom. The van der Waals surface area contributed by atoms with E-state index in [0.29, 0.717) is 30.9 Å². The Balaban J connectivity index is 2.62. The minimum absolute atomic E-state index is 0.125. The first-order chi connectivity index (χ1) is 5.77. The SMILES string of the molecule is CCC(=O)NC1=C(C#N)CCO1. The molecule has 0 saturated heterocycles. The normalized spacial score (nSPS) is 15.3. The Kier molecular flexibility index (Phi) is 2.70. The van der Waals surface area contributed by atoms with Crippen molar-refractivity contribution in [3.8, 4) is 6.07 Å². The van der Waals surface area contributed by atoms with Gasteiger partial charge in [-0.3, -0.25) is 10.1 Å². The third-order valence-electron chi connectivity index (χ3n) is 1.58. The Labute approximate surface area is 70.8 Å². The first-order valence-corrected chi connectivity index (χ1v) is 3.83. The number of hydrogen-bond acceptors (Lipinski definition) is 3.